The van der Waals surface area contributed by atoms with Crippen molar-refractivity contribution >= 4 is 38.9 Å². The van der Waals surface area contributed by atoms with E-state index in [0.717, 1.165) is 12.7 Å². The third-order valence-corrected chi connectivity index (χ3v) is 7.01. The number of aryl methyl sites for hydroxylation is 1. The van der Waals surface area contributed by atoms with Crippen molar-refractivity contribution in [2.45, 2.75) is 49.5 Å². The van der Waals surface area contributed by atoms with Crippen LogP contribution >= 0.6 is 11.6 Å². The number of benzene rings is 1. The summed E-state index contributed by atoms with van der Waals surface area (Å²) in [6.07, 6.45) is 5.49. The lowest BCUT2D eigenvalue weighted by Crippen LogP contribution is -2.23. The van der Waals surface area contributed by atoms with Crippen LogP contribution < -0.4 is 5.32 Å². The highest BCUT2D eigenvalue weighted by molar-refractivity contribution is 7.90. The molecule has 1 amide bonds. The fraction of sp³-hybridized carbons (Fsp3) is 0.476. The topological polar surface area (TPSA) is 118 Å². The number of ketones is 1. The summed E-state index contributed by atoms with van der Waals surface area (Å²) in [5, 5.41) is 16.1. The molecule has 1 fully saturated rings. The van der Waals surface area contributed by atoms with Crippen LogP contribution in [0.15, 0.2) is 35.4 Å². The Bertz CT molecular complexity index is 1070. The van der Waals surface area contributed by atoms with E-state index >= 15 is 0 Å². The van der Waals surface area contributed by atoms with Crippen LogP contribution in [-0.4, -0.2) is 47.9 Å². The first kappa shape index (κ1) is 23.4. The molecule has 1 aliphatic carbocycles. The molecule has 0 spiro atoms. The SMILES string of the molecule is CS(=O)(=O)c1ccc([C@@H](C[C@H]2CCC(=O)C2)C(=O)Nc2ccn(CCCO)n2)cc1Cl. The van der Waals surface area contributed by atoms with E-state index in [4.69, 9.17) is 16.7 Å². The number of hydrogen-bond donors (Lipinski definition) is 2. The summed E-state index contributed by atoms with van der Waals surface area (Å²) in [5.74, 6) is -0.246. The number of amides is 1. The van der Waals surface area contributed by atoms with Crippen molar-refractivity contribution in [1.82, 2.24) is 9.78 Å². The molecule has 168 valence electrons. The zero-order valence-electron chi connectivity index (χ0n) is 17.3. The zero-order valence-corrected chi connectivity index (χ0v) is 18.8. The number of Topliss-reactive ketones (excluding diaryl/α,β-unsaturated/α-hetero) is 1. The minimum absolute atomic E-state index is 0.00995. The molecule has 31 heavy (non-hydrogen) atoms. The Morgan fingerprint density at radius 3 is 2.77 bits per heavy atom. The van der Waals surface area contributed by atoms with E-state index in [1.807, 2.05) is 0 Å². The van der Waals surface area contributed by atoms with Gasteiger partial charge in [-0.15, -0.1) is 0 Å². The van der Waals surface area contributed by atoms with Gasteiger partial charge in [-0.3, -0.25) is 14.3 Å². The van der Waals surface area contributed by atoms with E-state index in [0.29, 0.717) is 43.6 Å². The monoisotopic (exact) mass is 467 g/mol. The van der Waals surface area contributed by atoms with Crippen molar-refractivity contribution in [3.8, 4) is 0 Å². The average Bonchev–Trinajstić information content (AvgIpc) is 3.31. The second-order valence-electron chi connectivity index (χ2n) is 7.93. The minimum Gasteiger partial charge on any atom is -0.396 e. The fourth-order valence-electron chi connectivity index (χ4n) is 3.85. The molecule has 1 saturated carbocycles. The molecule has 1 heterocycles. The molecule has 0 unspecified atom stereocenters. The normalized spacial score (nSPS) is 17.6. The zero-order chi connectivity index (χ0) is 22.6. The smallest absolute Gasteiger partial charge is 0.233 e. The molecule has 1 aliphatic rings. The molecule has 0 bridgehead atoms. The first-order valence-corrected chi connectivity index (χ1v) is 12.4. The average molecular weight is 468 g/mol. The number of nitrogens with one attached hydrogen (secondary N) is 1. The predicted octanol–water partition coefficient (Wildman–Crippen LogP) is 2.80. The maximum Gasteiger partial charge on any atom is 0.233 e. The lowest BCUT2D eigenvalue weighted by molar-refractivity contribution is -0.119. The molecule has 1 aromatic carbocycles. The van der Waals surface area contributed by atoms with Gasteiger partial charge in [-0.2, -0.15) is 5.10 Å². The number of nitrogens with zero attached hydrogens (tertiary/aromatic N) is 2. The highest BCUT2D eigenvalue weighted by Crippen LogP contribution is 2.35. The van der Waals surface area contributed by atoms with E-state index in [9.17, 15) is 18.0 Å². The lowest BCUT2D eigenvalue weighted by atomic mass is 9.87. The molecular weight excluding hydrogens is 442 g/mol. The summed E-state index contributed by atoms with van der Waals surface area (Å²) in [7, 11) is -3.49. The van der Waals surface area contributed by atoms with Crippen LogP contribution in [0, 0.1) is 5.92 Å². The molecule has 1 aromatic heterocycles. The van der Waals surface area contributed by atoms with Crippen LogP contribution in [0.25, 0.3) is 0 Å². The van der Waals surface area contributed by atoms with E-state index in [1.54, 1.807) is 23.0 Å². The maximum absolute atomic E-state index is 13.2. The molecule has 10 heteroatoms. The van der Waals surface area contributed by atoms with Gasteiger partial charge >= 0.3 is 0 Å². The number of aliphatic hydroxyl groups is 1. The van der Waals surface area contributed by atoms with E-state index < -0.39 is 15.8 Å². The Morgan fingerprint density at radius 1 is 1.39 bits per heavy atom. The third-order valence-electron chi connectivity index (χ3n) is 5.43. The van der Waals surface area contributed by atoms with Gasteiger partial charge in [-0.1, -0.05) is 17.7 Å². The highest BCUT2D eigenvalue weighted by atomic mass is 35.5. The summed E-state index contributed by atoms with van der Waals surface area (Å²) >= 11 is 6.21. The Kier molecular flexibility index (Phi) is 7.51. The van der Waals surface area contributed by atoms with Crippen LogP contribution in [-0.2, 0) is 26.0 Å². The highest BCUT2D eigenvalue weighted by Gasteiger charge is 2.30. The quantitative estimate of drug-likeness (QED) is 0.585. The van der Waals surface area contributed by atoms with Crippen LogP contribution in [0.3, 0.4) is 0 Å². The molecule has 0 aliphatic heterocycles. The van der Waals surface area contributed by atoms with Gasteiger partial charge in [0.1, 0.15) is 5.78 Å². The van der Waals surface area contributed by atoms with Gasteiger partial charge in [0.25, 0.3) is 0 Å². The molecule has 2 atom stereocenters. The predicted molar refractivity (Wildman–Crippen MR) is 117 cm³/mol. The summed E-state index contributed by atoms with van der Waals surface area (Å²) in [4.78, 5) is 24.9. The van der Waals surface area contributed by atoms with Crippen LogP contribution in [0.2, 0.25) is 5.02 Å². The second-order valence-corrected chi connectivity index (χ2v) is 10.3. The summed E-state index contributed by atoms with van der Waals surface area (Å²) in [6, 6.07) is 6.20. The molecular formula is C21H26ClN3O5S. The lowest BCUT2D eigenvalue weighted by Gasteiger charge is -2.20. The molecule has 2 N–H and O–H groups in total. The first-order chi connectivity index (χ1) is 14.7. The minimum atomic E-state index is -3.49. The number of carbonyl (C=O) groups is 2. The Balaban J connectivity index is 1.83. The van der Waals surface area contributed by atoms with Crippen molar-refractivity contribution in [2.75, 3.05) is 18.2 Å². The Labute approximate surface area is 186 Å². The molecule has 0 saturated heterocycles. The van der Waals surface area contributed by atoms with Gasteiger partial charge < -0.3 is 10.4 Å². The van der Waals surface area contributed by atoms with E-state index in [2.05, 4.69) is 10.4 Å². The first-order valence-electron chi connectivity index (χ1n) is 10.1. The van der Waals surface area contributed by atoms with Gasteiger partial charge in [0.2, 0.25) is 5.91 Å². The van der Waals surface area contributed by atoms with Crippen LogP contribution in [0.4, 0.5) is 5.82 Å². The van der Waals surface area contributed by atoms with E-state index in [-0.39, 0.29) is 34.1 Å². The van der Waals surface area contributed by atoms with Crippen molar-refractivity contribution in [3.05, 3.63) is 41.0 Å². The van der Waals surface area contributed by atoms with Gasteiger partial charge in [0.05, 0.1) is 15.8 Å². The van der Waals surface area contributed by atoms with Crippen molar-refractivity contribution in [1.29, 1.82) is 0 Å². The summed E-state index contributed by atoms with van der Waals surface area (Å²) in [6.45, 7) is 0.580. The molecule has 2 aromatic rings. The number of sulfone groups is 1. The van der Waals surface area contributed by atoms with Gasteiger partial charge in [0.15, 0.2) is 15.7 Å². The number of halogens is 1. The summed E-state index contributed by atoms with van der Waals surface area (Å²) in [5.41, 5.74) is 0.592. The Morgan fingerprint density at radius 2 is 2.16 bits per heavy atom. The van der Waals surface area contributed by atoms with Gasteiger partial charge in [-0.25, -0.2) is 8.42 Å². The maximum atomic E-state index is 13.2. The van der Waals surface area contributed by atoms with Crippen molar-refractivity contribution < 1.29 is 23.1 Å². The number of carbonyl (C=O) groups excluding carboxylic acids is 2. The van der Waals surface area contributed by atoms with Crippen LogP contribution in [0.5, 0.6) is 0 Å². The summed E-state index contributed by atoms with van der Waals surface area (Å²) < 4.78 is 25.4. The number of aromatic nitrogens is 2. The third kappa shape index (κ3) is 6.15. The van der Waals surface area contributed by atoms with Crippen molar-refractivity contribution in [3.63, 3.8) is 0 Å². The Hall–Kier alpha value is -2.23. The van der Waals surface area contributed by atoms with Gasteiger partial charge in [-0.05, 0) is 42.9 Å². The molecule has 8 nitrogen and oxygen atoms in total. The molecule has 3 rings (SSSR count). The number of hydrogen-bond acceptors (Lipinski definition) is 6. The largest absolute Gasteiger partial charge is 0.396 e. The van der Waals surface area contributed by atoms with E-state index in [1.165, 1.54) is 12.1 Å². The number of rotatable bonds is 9. The fourth-order valence-corrected chi connectivity index (χ4v) is 5.19. The second kappa shape index (κ2) is 9.93. The number of anilines is 1. The van der Waals surface area contributed by atoms with Crippen LogP contribution in [0.1, 0.15) is 43.6 Å². The molecule has 0 radical (unpaired) electrons. The standard InChI is InChI=1S/C21H26ClN3O5S/c1-31(29,30)19-6-4-15(13-18(19)22)17(12-14-3-5-16(27)11-14)21(28)23-20-7-9-25(24-20)8-2-10-26/h4,6-7,9,13-14,17,26H,2-3,5,8,10-12H2,1H3,(H,23,24,28)/t14-,17+/m0/s1. The van der Waals surface area contributed by atoms with Gasteiger partial charge in [0, 0.05) is 44.5 Å². The number of aliphatic hydroxyl groups excluding tert-OH is 1. The van der Waals surface area contributed by atoms with Crippen molar-refractivity contribution in [2.24, 2.45) is 5.92 Å².